The van der Waals surface area contributed by atoms with E-state index in [-0.39, 0.29) is 51.2 Å². The second-order valence-corrected chi connectivity index (χ2v) is 16.3. The van der Waals surface area contributed by atoms with Crippen molar-refractivity contribution < 1.29 is 68.0 Å². The summed E-state index contributed by atoms with van der Waals surface area (Å²) in [5.74, 6) is -1.07. The number of rotatable bonds is 15. The number of aliphatic hydroxyl groups is 4. The number of halogens is 1. The average Bonchev–Trinajstić information content (AvgIpc) is 3.51. The lowest BCUT2D eigenvalue weighted by atomic mass is 9.84. The molecule has 14 atom stereocenters. The molecule has 1 aromatic heterocycles. The SMILES string of the molecule is COc1ccc2c(c1)c(CC(=O)OCCCC(=O)OC[C@H]1O[C@H](O[C@@H]3[C@@H](O)[C@H](O[C@H]4O[C@H](CN)[C@@H](O)C[C@H]4N)[C@@H](N)C[C@H]3N)[C@H](O)[C@@H](N)[C@@H]1O)c(C)n2C(=O)c1ccc(Cl)cc1. The van der Waals surface area contributed by atoms with Crippen LogP contribution in [0.2, 0.25) is 5.02 Å². The molecule has 0 spiro atoms. The summed E-state index contributed by atoms with van der Waals surface area (Å²) in [5, 5.41) is 44.4. The number of nitrogens with zero attached hydrogens (tertiary/aromatic N) is 1. The van der Waals surface area contributed by atoms with Crippen LogP contribution in [0.4, 0.5) is 0 Å². The lowest BCUT2D eigenvalue weighted by molar-refractivity contribution is -0.315. The van der Waals surface area contributed by atoms with Crippen LogP contribution in [-0.2, 0) is 44.4 Å². The van der Waals surface area contributed by atoms with Crippen LogP contribution >= 0.6 is 11.6 Å². The van der Waals surface area contributed by atoms with E-state index in [0.29, 0.717) is 38.5 Å². The minimum atomic E-state index is -1.59. The molecule has 6 rings (SSSR count). The van der Waals surface area contributed by atoms with E-state index in [4.69, 9.17) is 73.4 Å². The largest absolute Gasteiger partial charge is 0.497 e. The van der Waals surface area contributed by atoms with Gasteiger partial charge in [0.2, 0.25) is 0 Å². The van der Waals surface area contributed by atoms with E-state index < -0.39 is 104 Å². The molecular formula is C41H57ClN6O14. The number of carbonyl (C=O) groups excluding carboxylic acids is 3. The van der Waals surface area contributed by atoms with Crippen LogP contribution in [0, 0.1) is 6.92 Å². The second kappa shape index (κ2) is 20.8. The summed E-state index contributed by atoms with van der Waals surface area (Å²) >= 11 is 6.03. The monoisotopic (exact) mass is 892 g/mol. The van der Waals surface area contributed by atoms with E-state index in [1.54, 1.807) is 49.4 Å². The first-order valence-corrected chi connectivity index (χ1v) is 20.8. The van der Waals surface area contributed by atoms with Gasteiger partial charge in [0.1, 0.15) is 49.0 Å². The maximum Gasteiger partial charge on any atom is 0.310 e. The maximum absolute atomic E-state index is 13.6. The molecule has 3 aliphatic rings. The normalized spacial score (nSPS) is 32.6. The van der Waals surface area contributed by atoms with Gasteiger partial charge in [-0.15, -0.1) is 0 Å². The third kappa shape index (κ3) is 10.6. The Kier molecular flexibility index (Phi) is 16.0. The zero-order chi connectivity index (χ0) is 45.0. The molecule has 2 aliphatic heterocycles. The Morgan fingerprint density at radius 2 is 1.48 bits per heavy atom. The third-order valence-corrected chi connectivity index (χ3v) is 11.8. The maximum atomic E-state index is 13.6. The predicted octanol–water partition coefficient (Wildman–Crippen LogP) is -1.57. The van der Waals surface area contributed by atoms with Gasteiger partial charge in [0.05, 0.1) is 49.9 Å². The van der Waals surface area contributed by atoms with E-state index in [1.165, 1.54) is 11.7 Å². The molecule has 1 aliphatic carbocycles. The van der Waals surface area contributed by atoms with Gasteiger partial charge in [-0.2, -0.15) is 0 Å². The Balaban J connectivity index is 0.999. The Hall–Kier alpha value is -3.84. The van der Waals surface area contributed by atoms with Crippen LogP contribution in [-0.4, -0.2) is 155 Å². The van der Waals surface area contributed by atoms with Gasteiger partial charge >= 0.3 is 11.9 Å². The molecule has 3 aromatic rings. The molecule has 20 nitrogen and oxygen atoms in total. The van der Waals surface area contributed by atoms with Crippen molar-refractivity contribution in [3.05, 3.63) is 64.3 Å². The minimum absolute atomic E-state index is 0.00262. The van der Waals surface area contributed by atoms with E-state index in [0.717, 1.165) is 0 Å². The highest BCUT2D eigenvalue weighted by molar-refractivity contribution is 6.30. The Morgan fingerprint density at radius 3 is 2.15 bits per heavy atom. The van der Waals surface area contributed by atoms with Crippen LogP contribution in [0.25, 0.3) is 10.9 Å². The van der Waals surface area contributed by atoms with E-state index in [1.807, 2.05) is 0 Å². The molecule has 0 bridgehead atoms. The highest BCUT2D eigenvalue weighted by atomic mass is 35.5. The number of hydrogen-bond donors (Lipinski definition) is 9. The summed E-state index contributed by atoms with van der Waals surface area (Å²) in [6, 6.07) is 7.97. The summed E-state index contributed by atoms with van der Waals surface area (Å²) in [7, 11) is 1.51. The second-order valence-electron chi connectivity index (χ2n) is 15.9. The third-order valence-electron chi connectivity index (χ3n) is 11.6. The van der Waals surface area contributed by atoms with Crippen LogP contribution in [0.3, 0.4) is 0 Å². The van der Waals surface area contributed by atoms with Gasteiger partial charge in [-0.05, 0) is 74.2 Å². The van der Waals surface area contributed by atoms with Crippen molar-refractivity contribution in [2.45, 2.75) is 125 Å². The molecule has 3 fully saturated rings. The minimum Gasteiger partial charge on any atom is -0.497 e. The molecule has 2 saturated heterocycles. The number of methoxy groups -OCH3 is 1. The fraction of sp³-hybridized carbons (Fsp3) is 0.585. The first kappa shape index (κ1) is 47.6. The van der Waals surface area contributed by atoms with Gasteiger partial charge in [-0.1, -0.05) is 11.6 Å². The van der Waals surface area contributed by atoms with Gasteiger partial charge < -0.3 is 82.3 Å². The number of hydrogen-bond acceptors (Lipinski definition) is 19. The Labute approximate surface area is 362 Å². The highest BCUT2D eigenvalue weighted by Gasteiger charge is 2.50. The molecule has 62 heavy (non-hydrogen) atoms. The summed E-state index contributed by atoms with van der Waals surface area (Å²) < 4.78 is 41.2. The Bertz CT molecular complexity index is 2030. The van der Waals surface area contributed by atoms with E-state index >= 15 is 0 Å². The summed E-state index contributed by atoms with van der Waals surface area (Å²) in [4.78, 5) is 39.4. The summed E-state index contributed by atoms with van der Waals surface area (Å²) in [6.07, 6.45) is -12.4. The fourth-order valence-corrected chi connectivity index (χ4v) is 8.18. The number of aliphatic hydroxyl groups excluding tert-OH is 4. The van der Waals surface area contributed by atoms with Gasteiger partial charge in [0, 0.05) is 46.7 Å². The number of aromatic nitrogens is 1. The number of carbonyl (C=O) groups is 3. The standard InChI is InChI=1S/C41H57ClN6O14/c1-18-22(23-12-21(56-2)9-10-27(23)48(18)39(55)19-5-7-20(42)8-6-19)13-32(51)57-11-3-4-31(50)58-17-30-34(52)33(47)35(53)41(60-30)62-38-25(45)14-24(44)37(36(38)54)61-40-26(46)15-28(49)29(16-43)59-40/h5-10,12,24-26,28-30,33-38,40-41,49,52-54H,3-4,11,13-17,43-47H2,1-2H3/t24-,25+,26+,28-,29+,30+,33-,34+,35+,36-,37+,38-,40+,41+/m0/s1. The van der Waals surface area contributed by atoms with Crippen molar-refractivity contribution in [3.8, 4) is 5.75 Å². The summed E-state index contributed by atoms with van der Waals surface area (Å²) in [6.45, 7) is 1.13. The smallest absolute Gasteiger partial charge is 0.310 e. The molecule has 1 saturated carbocycles. The van der Waals surface area contributed by atoms with Crippen LogP contribution in [0.5, 0.6) is 5.75 Å². The number of nitrogens with two attached hydrogens (primary N) is 5. The quantitative estimate of drug-likeness (QED) is 0.0615. The van der Waals surface area contributed by atoms with Crippen LogP contribution in [0.1, 0.15) is 47.3 Å². The lowest BCUT2D eigenvalue weighted by Gasteiger charge is -2.47. The van der Waals surface area contributed by atoms with Crippen molar-refractivity contribution in [2.75, 3.05) is 26.9 Å². The molecule has 342 valence electrons. The van der Waals surface area contributed by atoms with Gasteiger partial charge in [0.25, 0.3) is 5.91 Å². The van der Waals surface area contributed by atoms with E-state index in [2.05, 4.69) is 0 Å². The predicted molar refractivity (Wildman–Crippen MR) is 221 cm³/mol. The van der Waals surface area contributed by atoms with Gasteiger partial charge in [-0.25, -0.2) is 0 Å². The molecule has 2 aromatic carbocycles. The zero-order valence-corrected chi connectivity index (χ0v) is 35.1. The molecule has 0 unspecified atom stereocenters. The number of ether oxygens (including phenoxy) is 7. The Morgan fingerprint density at radius 1 is 0.823 bits per heavy atom. The first-order chi connectivity index (χ1) is 29.5. The molecule has 14 N–H and O–H groups in total. The van der Waals surface area contributed by atoms with Crippen molar-refractivity contribution in [2.24, 2.45) is 28.7 Å². The van der Waals surface area contributed by atoms with Gasteiger partial charge in [0.15, 0.2) is 12.6 Å². The van der Waals surface area contributed by atoms with Gasteiger partial charge in [-0.3, -0.25) is 19.0 Å². The lowest BCUT2D eigenvalue weighted by Crippen LogP contribution is -2.68. The number of esters is 2. The summed E-state index contributed by atoms with van der Waals surface area (Å²) in [5.41, 5.74) is 32.7. The van der Waals surface area contributed by atoms with Crippen LogP contribution in [0.15, 0.2) is 42.5 Å². The van der Waals surface area contributed by atoms with Crippen molar-refractivity contribution in [1.82, 2.24) is 4.57 Å². The fourth-order valence-electron chi connectivity index (χ4n) is 8.06. The average molecular weight is 893 g/mol. The zero-order valence-electron chi connectivity index (χ0n) is 34.4. The topological polar surface area (TPSA) is 332 Å². The number of benzene rings is 2. The number of fused-ring (bicyclic) bond motifs is 1. The molecule has 0 amide bonds. The van der Waals surface area contributed by atoms with Crippen molar-refractivity contribution in [3.63, 3.8) is 0 Å². The van der Waals surface area contributed by atoms with Crippen LogP contribution < -0.4 is 33.4 Å². The molecule has 0 radical (unpaired) electrons. The highest BCUT2D eigenvalue weighted by Crippen LogP contribution is 2.33. The molecule has 21 heteroatoms. The molecule has 3 heterocycles. The van der Waals surface area contributed by atoms with Crippen molar-refractivity contribution in [1.29, 1.82) is 0 Å². The van der Waals surface area contributed by atoms with Crippen molar-refractivity contribution >= 4 is 40.3 Å². The molecular weight excluding hydrogens is 836 g/mol. The first-order valence-electron chi connectivity index (χ1n) is 20.4. The van der Waals surface area contributed by atoms with E-state index in [9.17, 15) is 34.8 Å².